The molecule has 1 aliphatic heterocycles. The van der Waals surface area contributed by atoms with Gasteiger partial charge in [-0.3, -0.25) is 4.98 Å². The zero-order chi connectivity index (χ0) is 10.7. The zero-order valence-electron chi connectivity index (χ0n) is 8.85. The molecule has 2 heterocycles. The summed E-state index contributed by atoms with van der Waals surface area (Å²) in [4.78, 5) is 3.97. The van der Waals surface area contributed by atoms with E-state index in [9.17, 15) is 0 Å². The number of nitrogens with two attached hydrogens (primary N) is 1. The molecule has 0 bridgehead atoms. The average molecular weight is 208 g/mol. The Morgan fingerprint density at radius 1 is 1.40 bits per heavy atom. The summed E-state index contributed by atoms with van der Waals surface area (Å²) in [6.07, 6.45) is 3.44. The van der Waals surface area contributed by atoms with Crippen molar-refractivity contribution in [3.63, 3.8) is 0 Å². The fourth-order valence-corrected chi connectivity index (χ4v) is 1.65. The van der Waals surface area contributed by atoms with Gasteiger partial charge in [0.2, 0.25) is 5.79 Å². The van der Waals surface area contributed by atoms with Gasteiger partial charge in [0.15, 0.2) is 0 Å². The first-order valence-electron chi connectivity index (χ1n) is 5.15. The summed E-state index contributed by atoms with van der Waals surface area (Å²) in [6.45, 7) is 3.77. The molecule has 2 rings (SSSR count). The summed E-state index contributed by atoms with van der Waals surface area (Å²) in [5.41, 5.74) is 6.68. The van der Waals surface area contributed by atoms with Gasteiger partial charge in [-0.2, -0.15) is 0 Å². The Balaban J connectivity index is 2.23. The molecule has 1 aromatic heterocycles. The van der Waals surface area contributed by atoms with Crippen LogP contribution in [0.5, 0.6) is 0 Å². The van der Waals surface area contributed by atoms with Crippen molar-refractivity contribution in [3.05, 3.63) is 30.1 Å². The Hall–Kier alpha value is -0.970. The standard InChI is InChI=1S/C11H16N2O2/c1-9-6-14-11(8-12,15-7-9)10-2-4-13-5-3-10/h2-5,9H,6-8,12H2,1H3. The van der Waals surface area contributed by atoms with Crippen molar-refractivity contribution in [2.75, 3.05) is 19.8 Å². The number of rotatable bonds is 2. The van der Waals surface area contributed by atoms with Gasteiger partial charge in [-0.25, -0.2) is 0 Å². The zero-order valence-corrected chi connectivity index (χ0v) is 8.85. The van der Waals surface area contributed by atoms with Gasteiger partial charge in [-0.05, 0) is 12.1 Å². The molecule has 0 unspecified atom stereocenters. The minimum Gasteiger partial charge on any atom is -0.344 e. The van der Waals surface area contributed by atoms with Gasteiger partial charge in [-0.15, -0.1) is 0 Å². The summed E-state index contributed by atoms with van der Waals surface area (Å²) in [7, 11) is 0. The van der Waals surface area contributed by atoms with Crippen LogP contribution in [0.3, 0.4) is 0 Å². The van der Waals surface area contributed by atoms with Crippen molar-refractivity contribution in [1.29, 1.82) is 0 Å². The van der Waals surface area contributed by atoms with Crippen LogP contribution in [-0.4, -0.2) is 24.7 Å². The first kappa shape index (κ1) is 10.5. The molecule has 82 valence electrons. The highest BCUT2D eigenvalue weighted by molar-refractivity contribution is 5.17. The van der Waals surface area contributed by atoms with Gasteiger partial charge in [0.05, 0.1) is 19.8 Å². The van der Waals surface area contributed by atoms with Gasteiger partial charge in [0.1, 0.15) is 0 Å². The van der Waals surface area contributed by atoms with E-state index in [1.54, 1.807) is 12.4 Å². The number of nitrogens with zero attached hydrogens (tertiary/aromatic N) is 1. The number of hydrogen-bond donors (Lipinski definition) is 1. The fraction of sp³-hybridized carbons (Fsp3) is 0.545. The molecule has 1 saturated heterocycles. The second kappa shape index (κ2) is 4.26. The van der Waals surface area contributed by atoms with Crippen molar-refractivity contribution in [1.82, 2.24) is 4.98 Å². The highest BCUT2D eigenvalue weighted by Crippen LogP contribution is 2.30. The van der Waals surface area contributed by atoms with Crippen molar-refractivity contribution in [3.8, 4) is 0 Å². The second-order valence-electron chi connectivity index (χ2n) is 3.92. The molecule has 0 amide bonds. The van der Waals surface area contributed by atoms with E-state index < -0.39 is 5.79 Å². The Morgan fingerprint density at radius 2 is 2.00 bits per heavy atom. The Bertz CT molecular complexity index is 308. The lowest BCUT2D eigenvalue weighted by molar-refractivity contribution is -0.284. The molecule has 2 N–H and O–H groups in total. The monoisotopic (exact) mass is 208 g/mol. The molecule has 1 fully saturated rings. The Morgan fingerprint density at radius 3 is 2.53 bits per heavy atom. The first-order chi connectivity index (χ1) is 7.27. The third-order valence-electron chi connectivity index (χ3n) is 2.59. The van der Waals surface area contributed by atoms with E-state index in [1.165, 1.54) is 0 Å². The molecule has 15 heavy (non-hydrogen) atoms. The second-order valence-corrected chi connectivity index (χ2v) is 3.92. The minimum absolute atomic E-state index is 0.323. The van der Waals surface area contributed by atoms with Crippen LogP contribution in [0.25, 0.3) is 0 Å². The van der Waals surface area contributed by atoms with Crippen LogP contribution in [0.2, 0.25) is 0 Å². The molecular weight excluding hydrogens is 192 g/mol. The average Bonchev–Trinajstić information content (AvgIpc) is 2.32. The Kier molecular flexibility index (Phi) is 3.00. The first-order valence-corrected chi connectivity index (χ1v) is 5.15. The van der Waals surface area contributed by atoms with Crippen molar-refractivity contribution in [2.24, 2.45) is 11.7 Å². The summed E-state index contributed by atoms with van der Waals surface area (Å²) in [5, 5.41) is 0. The molecule has 0 radical (unpaired) electrons. The number of hydrogen-bond acceptors (Lipinski definition) is 4. The van der Waals surface area contributed by atoms with Crippen LogP contribution in [0.4, 0.5) is 0 Å². The smallest absolute Gasteiger partial charge is 0.207 e. The summed E-state index contributed by atoms with van der Waals surface area (Å²) in [5.74, 6) is -0.346. The minimum atomic E-state index is -0.768. The predicted molar refractivity (Wildman–Crippen MR) is 56.0 cm³/mol. The molecule has 1 aromatic rings. The van der Waals surface area contributed by atoms with E-state index >= 15 is 0 Å². The maximum atomic E-state index is 5.75. The number of aromatic nitrogens is 1. The maximum absolute atomic E-state index is 5.75. The summed E-state index contributed by atoms with van der Waals surface area (Å²) < 4.78 is 11.5. The largest absolute Gasteiger partial charge is 0.344 e. The quantitative estimate of drug-likeness (QED) is 0.783. The van der Waals surface area contributed by atoms with Crippen molar-refractivity contribution in [2.45, 2.75) is 12.7 Å². The van der Waals surface area contributed by atoms with Crippen LogP contribution < -0.4 is 5.73 Å². The SMILES string of the molecule is CC1COC(CN)(c2ccncc2)OC1. The van der Waals surface area contributed by atoms with E-state index in [0.29, 0.717) is 25.7 Å². The molecule has 0 aromatic carbocycles. The topological polar surface area (TPSA) is 57.4 Å². The lowest BCUT2D eigenvalue weighted by Gasteiger charge is -2.38. The fourth-order valence-electron chi connectivity index (χ4n) is 1.65. The molecule has 0 spiro atoms. The summed E-state index contributed by atoms with van der Waals surface area (Å²) in [6, 6.07) is 3.76. The Labute approximate surface area is 89.4 Å². The van der Waals surface area contributed by atoms with Crippen LogP contribution in [0.15, 0.2) is 24.5 Å². The van der Waals surface area contributed by atoms with E-state index in [0.717, 1.165) is 5.56 Å². The lowest BCUT2D eigenvalue weighted by Crippen LogP contribution is -2.46. The van der Waals surface area contributed by atoms with Crippen LogP contribution in [0.1, 0.15) is 12.5 Å². The van der Waals surface area contributed by atoms with Crippen molar-refractivity contribution < 1.29 is 9.47 Å². The molecule has 0 atom stereocenters. The highest BCUT2D eigenvalue weighted by Gasteiger charge is 2.37. The third-order valence-corrected chi connectivity index (χ3v) is 2.59. The molecule has 0 aliphatic carbocycles. The van der Waals surface area contributed by atoms with Crippen LogP contribution in [0, 0.1) is 5.92 Å². The molecule has 1 aliphatic rings. The predicted octanol–water partition coefficient (Wildman–Crippen LogP) is 0.876. The number of pyridine rings is 1. The van der Waals surface area contributed by atoms with E-state index in [1.807, 2.05) is 12.1 Å². The van der Waals surface area contributed by atoms with E-state index in [2.05, 4.69) is 11.9 Å². The van der Waals surface area contributed by atoms with Crippen molar-refractivity contribution >= 4 is 0 Å². The molecule has 0 saturated carbocycles. The number of ether oxygens (including phenoxy) is 2. The van der Waals surface area contributed by atoms with Gasteiger partial charge >= 0.3 is 0 Å². The van der Waals surface area contributed by atoms with Crippen LogP contribution >= 0.6 is 0 Å². The highest BCUT2D eigenvalue weighted by atomic mass is 16.7. The normalized spacial score (nSPS) is 31.5. The van der Waals surface area contributed by atoms with E-state index in [4.69, 9.17) is 15.2 Å². The third kappa shape index (κ3) is 2.02. The maximum Gasteiger partial charge on any atom is 0.207 e. The van der Waals surface area contributed by atoms with Gasteiger partial charge in [0, 0.05) is 23.9 Å². The van der Waals surface area contributed by atoms with E-state index in [-0.39, 0.29) is 0 Å². The summed E-state index contributed by atoms with van der Waals surface area (Å²) >= 11 is 0. The van der Waals surface area contributed by atoms with Gasteiger partial charge < -0.3 is 15.2 Å². The van der Waals surface area contributed by atoms with Crippen LogP contribution in [-0.2, 0) is 15.3 Å². The van der Waals surface area contributed by atoms with Gasteiger partial charge in [0.25, 0.3) is 0 Å². The van der Waals surface area contributed by atoms with Gasteiger partial charge in [-0.1, -0.05) is 6.92 Å². The lowest BCUT2D eigenvalue weighted by atomic mass is 10.0. The molecule has 4 nitrogen and oxygen atoms in total. The molecule has 4 heteroatoms. The molecular formula is C11H16N2O2.